The minimum absolute atomic E-state index is 0.0719. The molecule has 4 nitrogen and oxygen atoms in total. The van der Waals surface area contributed by atoms with Crippen LogP contribution in [0.1, 0.15) is 33.3 Å². The summed E-state index contributed by atoms with van der Waals surface area (Å²) in [6.45, 7) is 7.91. The third-order valence-electron chi connectivity index (χ3n) is 3.33. The van der Waals surface area contributed by atoms with Crippen LogP contribution in [-0.2, 0) is 10.7 Å². The van der Waals surface area contributed by atoms with Crippen molar-refractivity contribution in [1.29, 1.82) is 0 Å². The van der Waals surface area contributed by atoms with Gasteiger partial charge in [-0.25, -0.2) is 0 Å². The average Bonchev–Trinajstić information content (AvgIpc) is 2.29. The van der Waals surface area contributed by atoms with Crippen molar-refractivity contribution >= 4 is 12.8 Å². The third-order valence-corrected chi connectivity index (χ3v) is 7.68. The van der Waals surface area contributed by atoms with Crippen molar-refractivity contribution in [2.45, 2.75) is 45.2 Å². The molecule has 0 aromatic heterocycles. The van der Waals surface area contributed by atoms with E-state index in [4.69, 9.17) is 0 Å². The first-order chi connectivity index (χ1) is 8.27. The van der Waals surface area contributed by atoms with Crippen LogP contribution in [-0.4, -0.2) is 16.2 Å². The van der Waals surface area contributed by atoms with Gasteiger partial charge in [-0.2, -0.15) is 0 Å². The monoisotopic (exact) mass is 269 g/mol. The van der Waals surface area contributed by atoms with Gasteiger partial charge in [0.25, 0.3) is 5.69 Å². The van der Waals surface area contributed by atoms with Crippen LogP contribution in [0.15, 0.2) is 24.3 Å². The van der Waals surface area contributed by atoms with Crippen molar-refractivity contribution in [1.82, 2.24) is 0 Å². The van der Waals surface area contributed by atoms with Crippen LogP contribution in [0.25, 0.3) is 0 Å². The van der Waals surface area contributed by atoms with Gasteiger partial charge in [-0.3, -0.25) is 10.1 Å². The number of rotatable bonds is 5. The highest BCUT2D eigenvalue weighted by Crippen LogP contribution is 2.57. The molecule has 0 amide bonds. The van der Waals surface area contributed by atoms with E-state index in [-0.39, 0.29) is 17.0 Å². The second-order valence-electron chi connectivity index (χ2n) is 5.12. The zero-order valence-corrected chi connectivity index (χ0v) is 12.2. The fourth-order valence-corrected chi connectivity index (χ4v) is 4.67. The van der Waals surface area contributed by atoms with Crippen molar-refractivity contribution in [3.05, 3.63) is 39.9 Å². The van der Waals surface area contributed by atoms with Gasteiger partial charge < -0.3 is 4.57 Å². The van der Waals surface area contributed by atoms with Crippen LogP contribution in [0.5, 0.6) is 0 Å². The normalized spacial score (nSPS) is 12.1. The standard InChI is InChI=1S/C13H20NO3P/c1-10(2)18(17,11(3)4)9-12-5-7-13(8-6-12)14(15)16/h5-8,10-11H,9H2,1-4H3. The number of hydrogen-bond acceptors (Lipinski definition) is 3. The Morgan fingerprint density at radius 3 is 1.89 bits per heavy atom. The van der Waals surface area contributed by atoms with Gasteiger partial charge in [-0.05, 0) is 5.56 Å². The first-order valence-electron chi connectivity index (χ1n) is 6.09. The second-order valence-corrected chi connectivity index (χ2v) is 9.21. The number of non-ortho nitro benzene ring substituents is 1. The van der Waals surface area contributed by atoms with Gasteiger partial charge in [0.15, 0.2) is 0 Å². The van der Waals surface area contributed by atoms with Crippen LogP contribution >= 0.6 is 7.14 Å². The predicted molar refractivity (Wildman–Crippen MR) is 74.7 cm³/mol. The Morgan fingerprint density at radius 2 is 1.56 bits per heavy atom. The topological polar surface area (TPSA) is 60.2 Å². The average molecular weight is 269 g/mol. The number of nitro benzene ring substituents is 1. The summed E-state index contributed by atoms with van der Waals surface area (Å²) in [4.78, 5) is 10.1. The molecule has 0 aliphatic rings. The maximum absolute atomic E-state index is 12.9. The van der Waals surface area contributed by atoms with Crippen LogP contribution in [0, 0.1) is 10.1 Å². The molecular formula is C13H20NO3P. The summed E-state index contributed by atoms with van der Waals surface area (Å²) in [6.07, 6.45) is 0.514. The van der Waals surface area contributed by atoms with Gasteiger partial charge in [-0.1, -0.05) is 39.8 Å². The van der Waals surface area contributed by atoms with Gasteiger partial charge in [0, 0.05) is 29.6 Å². The van der Waals surface area contributed by atoms with E-state index in [1.165, 1.54) is 12.1 Å². The maximum Gasteiger partial charge on any atom is 0.269 e. The molecule has 1 aromatic carbocycles. The molecule has 0 heterocycles. The summed E-state index contributed by atoms with van der Waals surface area (Å²) in [7, 11) is -2.29. The summed E-state index contributed by atoms with van der Waals surface area (Å²) >= 11 is 0. The molecule has 5 heteroatoms. The Hall–Kier alpha value is -1.15. The van der Waals surface area contributed by atoms with Gasteiger partial charge in [0.1, 0.15) is 0 Å². The molecule has 0 N–H and O–H groups in total. The lowest BCUT2D eigenvalue weighted by Gasteiger charge is -2.26. The van der Waals surface area contributed by atoms with Gasteiger partial charge >= 0.3 is 0 Å². The van der Waals surface area contributed by atoms with Crippen LogP contribution < -0.4 is 0 Å². The largest absolute Gasteiger partial charge is 0.323 e. The first kappa shape index (κ1) is 14.9. The van der Waals surface area contributed by atoms with E-state index in [0.717, 1.165) is 5.56 Å². The lowest BCUT2D eigenvalue weighted by molar-refractivity contribution is -0.384. The lowest BCUT2D eigenvalue weighted by Crippen LogP contribution is -2.10. The molecule has 0 unspecified atom stereocenters. The van der Waals surface area contributed by atoms with Gasteiger partial charge in [0.05, 0.1) is 12.1 Å². The Bertz CT molecular complexity index is 454. The van der Waals surface area contributed by atoms with Crippen molar-refractivity contribution in [3.63, 3.8) is 0 Å². The molecule has 0 bridgehead atoms. The molecule has 0 aliphatic heterocycles. The van der Waals surface area contributed by atoms with E-state index in [2.05, 4.69) is 0 Å². The van der Waals surface area contributed by atoms with Crippen molar-refractivity contribution in [2.75, 3.05) is 0 Å². The molecule has 0 radical (unpaired) electrons. The van der Waals surface area contributed by atoms with Gasteiger partial charge in [-0.15, -0.1) is 0 Å². The molecule has 18 heavy (non-hydrogen) atoms. The zero-order chi connectivity index (χ0) is 13.9. The van der Waals surface area contributed by atoms with Gasteiger partial charge in [0.2, 0.25) is 0 Å². The number of hydrogen-bond donors (Lipinski definition) is 0. The molecule has 0 saturated heterocycles. The Labute approximate surface area is 108 Å². The fraction of sp³-hybridized carbons (Fsp3) is 0.538. The number of benzene rings is 1. The van der Waals surface area contributed by atoms with Crippen molar-refractivity contribution < 1.29 is 9.49 Å². The molecule has 1 rings (SSSR count). The molecule has 0 fully saturated rings. The summed E-state index contributed by atoms with van der Waals surface area (Å²) in [6, 6.07) is 6.35. The predicted octanol–water partition coefficient (Wildman–Crippen LogP) is 4.27. The highest BCUT2D eigenvalue weighted by atomic mass is 31.2. The molecule has 100 valence electrons. The quantitative estimate of drug-likeness (QED) is 0.455. The lowest BCUT2D eigenvalue weighted by atomic mass is 10.2. The molecule has 0 aliphatic carbocycles. The van der Waals surface area contributed by atoms with E-state index in [1.807, 2.05) is 27.7 Å². The number of nitrogens with zero attached hydrogens (tertiary/aromatic N) is 1. The maximum atomic E-state index is 12.9. The van der Waals surface area contributed by atoms with E-state index < -0.39 is 12.1 Å². The first-order valence-corrected chi connectivity index (χ1v) is 8.12. The minimum Gasteiger partial charge on any atom is -0.323 e. The summed E-state index contributed by atoms with van der Waals surface area (Å²) in [5, 5.41) is 10.6. The minimum atomic E-state index is -2.29. The van der Waals surface area contributed by atoms with E-state index in [9.17, 15) is 14.7 Å². The van der Waals surface area contributed by atoms with Crippen LogP contribution in [0.3, 0.4) is 0 Å². The highest BCUT2D eigenvalue weighted by molar-refractivity contribution is 7.64. The zero-order valence-electron chi connectivity index (χ0n) is 11.3. The summed E-state index contributed by atoms with van der Waals surface area (Å²) in [5.41, 5.74) is 1.24. The molecule has 0 saturated carbocycles. The smallest absolute Gasteiger partial charge is 0.269 e. The highest BCUT2D eigenvalue weighted by Gasteiger charge is 2.30. The second kappa shape index (κ2) is 5.66. The van der Waals surface area contributed by atoms with Crippen molar-refractivity contribution in [2.24, 2.45) is 0 Å². The van der Waals surface area contributed by atoms with E-state index in [1.54, 1.807) is 12.1 Å². The van der Waals surface area contributed by atoms with Crippen LogP contribution in [0.2, 0.25) is 0 Å². The number of nitro groups is 1. The van der Waals surface area contributed by atoms with E-state index in [0.29, 0.717) is 6.16 Å². The Morgan fingerprint density at radius 1 is 1.11 bits per heavy atom. The Kier molecular flexibility index (Phi) is 4.69. The van der Waals surface area contributed by atoms with E-state index >= 15 is 0 Å². The molecule has 0 spiro atoms. The molecular weight excluding hydrogens is 249 g/mol. The molecule has 0 atom stereocenters. The summed E-state index contributed by atoms with van der Waals surface area (Å²) in [5.74, 6) is 0. The molecule has 1 aromatic rings. The Balaban J connectivity index is 2.96. The summed E-state index contributed by atoms with van der Waals surface area (Å²) < 4.78 is 12.9. The fourth-order valence-electron chi connectivity index (χ4n) is 1.97. The van der Waals surface area contributed by atoms with Crippen LogP contribution in [0.4, 0.5) is 5.69 Å². The van der Waals surface area contributed by atoms with Crippen molar-refractivity contribution in [3.8, 4) is 0 Å². The SMILES string of the molecule is CC(C)P(=O)(Cc1ccc([N+](=O)[O-])cc1)C(C)C. The third kappa shape index (κ3) is 3.20.